The van der Waals surface area contributed by atoms with Gasteiger partial charge < -0.3 is 25.1 Å². The number of nitrogens with two attached hydrogens (primary N) is 1. The minimum absolute atomic E-state index is 0.0188. The van der Waals surface area contributed by atoms with Gasteiger partial charge in [0.1, 0.15) is 6.04 Å². The van der Waals surface area contributed by atoms with Gasteiger partial charge in [0.15, 0.2) is 11.5 Å². The number of carbonyl (C=O) groups excluding carboxylic acids is 3. The third kappa shape index (κ3) is 9.68. The van der Waals surface area contributed by atoms with Crippen molar-refractivity contribution in [3.63, 3.8) is 0 Å². The molecule has 3 atom stereocenters. The highest BCUT2D eigenvalue weighted by atomic mass is 16.6. The molecule has 0 radical (unpaired) electrons. The monoisotopic (exact) mass is 493 g/mol. The van der Waals surface area contributed by atoms with Crippen LogP contribution in [0.3, 0.4) is 0 Å². The second-order valence-electron chi connectivity index (χ2n) is 10.6. The first kappa shape index (κ1) is 30.1. The van der Waals surface area contributed by atoms with Crippen molar-refractivity contribution in [1.29, 1.82) is 0 Å². The minimum Gasteiger partial charge on any atom is -0.480 e. The van der Waals surface area contributed by atoms with Gasteiger partial charge >= 0.3 is 23.9 Å². The molecule has 0 aliphatic carbocycles. The number of esters is 3. The zero-order valence-corrected chi connectivity index (χ0v) is 21.9. The van der Waals surface area contributed by atoms with Gasteiger partial charge in [-0.3, -0.25) is 19.2 Å². The van der Waals surface area contributed by atoms with E-state index in [4.69, 9.17) is 19.9 Å². The molecule has 0 bridgehead atoms. The van der Waals surface area contributed by atoms with Gasteiger partial charge in [-0.05, 0) is 29.0 Å². The molecule has 9 heteroatoms. The van der Waals surface area contributed by atoms with E-state index in [2.05, 4.69) is 0 Å². The summed E-state index contributed by atoms with van der Waals surface area (Å²) >= 11 is 0. The van der Waals surface area contributed by atoms with Crippen LogP contribution in [0, 0.1) is 23.2 Å². The van der Waals surface area contributed by atoms with Gasteiger partial charge in [-0.1, -0.05) is 61.5 Å². The molecule has 0 aliphatic rings. The summed E-state index contributed by atoms with van der Waals surface area (Å²) in [7, 11) is 0. The summed E-state index contributed by atoms with van der Waals surface area (Å²) in [5, 5.41) is 9.63. The maximum Gasteiger partial charge on any atom is 0.321 e. The van der Waals surface area contributed by atoms with Crippen LogP contribution in [0.5, 0.6) is 11.5 Å². The minimum atomic E-state index is -1.33. The summed E-state index contributed by atoms with van der Waals surface area (Å²) in [6.07, 6.45) is 0.209. The molecule has 0 heterocycles. The summed E-state index contributed by atoms with van der Waals surface area (Å²) in [5.74, 6) is -4.82. The lowest BCUT2D eigenvalue weighted by molar-refractivity contribution is -0.147. The van der Waals surface area contributed by atoms with Gasteiger partial charge in [-0.15, -0.1) is 0 Å². The molecule has 196 valence electrons. The molecule has 9 nitrogen and oxygen atoms in total. The Morgan fingerprint density at radius 1 is 0.914 bits per heavy atom. The average molecular weight is 494 g/mol. The molecule has 0 aromatic heterocycles. The maximum atomic E-state index is 12.3. The van der Waals surface area contributed by atoms with E-state index in [1.54, 1.807) is 40.7 Å². The maximum absolute atomic E-state index is 12.3. The van der Waals surface area contributed by atoms with E-state index in [1.165, 1.54) is 12.1 Å². The van der Waals surface area contributed by atoms with Gasteiger partial charge in [0.2, 0.25) is 0 Å². The lowest BCUT2D eigenvalue weighted by Gasteiger charge is -2.28. The van der Waals surface area contributed by atoms with Gasteiger partial charge in [0, 0.05) is 5.92 Å². The second-order valence-corrected chi connectivity index (χ2v) is 10.6. The van der Waals surface area contributed by atoms with Crippen LogP contribution < -0.4 is 15.2 Å². The molecule has 0 aliphatic heterocycles. The normalized spacial score (nSPS) is 14.3. The van der Waals surface area contributed by atoms with Crippen molar-refractivity contribution in [3.05, 3.63) is 23.8 Å². The number of rotatable bonds is 11. The predicted octanol–water partition coefficient (Wildman–Crippen LogP) is 3.92. The number of aliphatic carboxylic acids is 1. The standard InChI is InChI=1S/C26H39NO8/c1-14(2)24(31)34-18-10-9-17(11-19(18)35-25(32)15(3)4)21(22(27)23(29)30)16(5)13-33-20(28)12-26(6,7)8/h9-11,14-16,21-22H,12-13,27H2,1-8H3,(H,29,30)/t16?,21?,22-/m0/s1. The van der Waals surface area contributed by atoms with Crippen LogP contribution in [0.1, 0.15) is 73.3 Å². The van der Waals surface area contributed by atoms with E-state index in [1.807, 2.05) is 20.8 Å². The molecular weight excluding hydrogens is 454 g/mol. The Kier molecular flexibility index (Phi) is 10.9. The Bertz CT molecular complexity index is 916. The zero-order chi connectivity index (χ0) is 27.1. The molecule has 1 aromatic rings. The number of hydrogen-bond donors (Lipinski definition) is 2. The Labute approximate surface area is 207 Å². The second kappa shape index (κ2) is 12.7. The SMILES string of the molecule is CC(C)C(=O)Oc1ccc(C(C(C)COC(=O)CC(C)(C)C)[C@H](N)C(=O)O)cc1OC(=O)C(C)C. The third-order valence-corrected chi connectivity index (χ3v) is 5.18. The number of carboxylic acid groups (broad SMARTS) is 1. The van der Waals surface area contributed by atoms with Gasteiger partial charge in [-0.25, -0.2) is 0 Å². The van der Waals surface area contributed by atoms with Gasteiger partial charge in [-0.2, -0.15) is 0 Å². The summed E-state index contributed by atoms with van der Waals surface area (Å²) in [4.78, 5) is 48.4. The van der Waals surface area contributed by atoms with Crippen molar-refractivity contribution in [2.45, 2.75) is 73.8 Å². The first-order valence-electron chi connectivity index (χ1n) is 11.7. The van der Waals surface area contributed by atoms with Gasteiger partial charge in [0.05, 0.1) is 24.9 Å². The first-order chi connectivity index (χ1) is 16.0. The van der Waals surface area contributed by atoms with Crippen molar-refractivity contribution in [1.82, 2.24) is 0 Å². The largest absolute Gasteiger partial charge is 0.480 e. The topological polar surface area (TPSA) is 142 Å². The highest BCUT2D eigenvalue weighted by Gasteiger charge is 2.33. The van der Waals surface area contributed by atoms with Crippen LogP contribution in [-0.4, -0.2) is 41.6 Å². The van der Waals surface area contributed by atoms with Gasteiger partial charge in [0.25, 0.3) is 0 Å². The van der Waals surface area contributed by atoms with E-state index < -0.39 is 53.6 Å². The highest BCUT2D eigenvalue weighted by molar-refractivity contribution is 5.78. The summed E-state index contributed by atoms with van der Waals surface area (Å²) < 4.78 is 16.2. The van der Waals surface area contributed by atoms with Crippen molar-refractivity contribution in [2.75, 3.05) is 6.61 Å². The first-order valence-corrected chi connectivity index (χ1v) is 11.7. The van der Waals surface area contributed by atoms with E-state index in [0.717, 1.165) is 0 Å². The number of ether oxygens (including phenoxy) is 3. The fourth-order valence-electron chi connectivity index (χ4n) is 3.20. The fourth-order valence-corrected chi connectivity index (χ4v) is 3.20. The quantitative estimate of drug-likeness (QED) is 0.346. The van der Waals surface area contributed by atoms with Crippen LogP contribution >= 0.6 is 0 Å². The van der Waals surface area contributed by atoms with Crippen molar-refractivity contribution >= 4 is 23.9 Å². The molecule has 1 rings (SSSR count). The molecule has 0 amide bonds. The number of hydrogen-bond acceptors (Lipinski definition) is 8. The average Bonchev–Trinajstić information content (AvgIpc) is 2.72. The summed E-state index contributed by atoms with van der Waals surface area (Å²) in [6.45, 7) is 14.1. The van der Waals surface area contributed by atoms with Crippen LogP contribution in [0.2, 0.25) is 0 Å². The third-order valence-electron chi connectivity index (χ3n) is 5.18. The lowest BCUT2D eigenvalue weighted by Crippen LogP contribution is -2.40. The summed E-state index contributed by atoms with van der Waals surface area (Å²) in [5.41, 5.74) is 6.21. The van der Waals surface area contributed by atoms with E-state index >= 15 is 0 Å². The van der Waals surface area contributed by atoms with Crippen LogP contribution in [0.25, 0.3) is 0 Å². The van der Waals surface area contributed by atoms with Crippen molar-refractivity contribution in [2.24, 2.45) is 28.9 Å². The molecule has 0 spiro atoms. The molecule has 35 heavy (non-hydrogen) atoms. The van der Waals surface area contributed by atoms with Crippen LogP contribution in [0.15, 0.2) is 18.2 Å². The highest BCUT2D eigenvalue weighted by Crippen LogP contribution is 2.36. The fraction of sp³-hybridized carbons (Fsp3) is 0.615. The van der Waals surface area contributed by atoms with Crippen molar-refractivity contribution in [3.8, 4) is 11.5 Å². The van der Waals surface area contributed by atoms with Crippen molar-refractivity contribution < 1.29 is 38.5 Å². The van der Waals surface area contributed by atoms with E-state index in [9.17, 15) is 24.3 Å². The van der Waals surface area contributed by atoms with E-state index in [0.29, 0.717) is 5.56 Å². The van der Waals surface area contributed by atoms with Crippen LogP contribution in [0.4, 0.5) is 0 Å². The Hall–Kier alpha value is -2.94. The molecule has 0 saturated heterocycles. The number of carboxylic acids is 1. The molecule has 0 saturated carbocycles. The number of carbonyl (C=O) groups is 4. The zero-order valence-electron chi connectivity index (χ0n) is 21.9. The molecule has 3 N–H and O–H groups in total. The summed E-state index contributed by atoms with van der Waals surface area (Å²) in [6, 6.07) is 3.13. The molecular formula is C26H39NO8. The predicted molar refractivity (Wildman–Crippen MR) is 130 cm³/mol. The van der Waals surface area contributed by atoms with E-state index in [-0.39, 0.29) is 29.9 Å². The molecule has 1 aromatic carbocycles. The lowest BCUT2D eigenvalue weighted by atomic mass is 9.82. The Morgan fingerprint density at radius 2 is 1.43 bits per heavy atom. The number of benzene rings is 1. The Balaban J connectivity index is 3.35. The smallest absolute Gasteiger partial charge is 0.321 e. The Morgan fingerprint density at radius 3 is 1.89 bits per heavy atom. The van der Waals surface area contributed by atoms with Crippen LogP contribution in [-0.2, 0) is 23.9 Å². The molecule has 0 fully saturated rings. The molecule has 2 unspecified atom stereocenters.